The Morgan fingerprint density at radius 1 is 1.28 bits per heavy atom. The van der Waals surface area contributed by atoms with Crippen molar-refractivity contribution in [3.63, 3.8) is 0 Å². The molecule has 1 aliphatic rings. The standard InChI is InChI=1S/C15H24N2O/c1-11-4-5-14(12(2)15(11)18-3)17-10-13-6-8-16-9-7-13/h4-5,13,16-17H,6-10H2,1-3H3. The van der Waals surface area contributed by atoms with Crippen LogP contribution in [0, 0.1) is 19.8 Å². The van der Waals surface area contributed by atoms with E-state index in [1.807, 2.05) is 0 Å². The van der Waals surface area contributed by atoms with Gasteiger partial charge in [-0.05, 0) is 57.3 Å². The lowest BCUT2D eigenvalue weighted by molar-refractivity contribution is 0.389. The van der Waals surface area contributed by atoms with Gasteiger partial charge in [0.1, 0.15) is 5.75 Å². The van der Waals surface area contributed by atoms with Crippen LogP contribution in [-0.4, -0.2) is 26.7 Å². The summed E-state index contributed by atoms with van der Waals surface area (Å²) >= 11 is 0. The maximum atomic E-state index is 5.46. The summed E-state index contributed by atoms with van der Waals surface area (Å²) in [4.78, 5) is 0. The first-order chi connectivity index (χ1) is 8.72. The predicted molar refractivity (Wildman–Crippen MR) is 76.6 cm³/mol. The van der Waals surface area contributed by atoms with Crippen LogP contribution in [0.15, 0.2) is 12.1 Å². The average molecular weight is 248 g/mol. The van der Waals surface area contributed by atoms with Gasteiger partial charge in [0.05, 0.1) is 7.11 Å². The molecule has 3 heteroatoms. The zero-order valence-corrected chi connectivity index (χ0v) is 11.7. The van der Waals surface area contributed by atoms with E-state index in [0.29, 0.717) is 0 Å². The molecule has 100 valence electrons. The van der Waals surface area contributed by atoms with Gasteiger partial charge in [-0.15, -0.1) is 0 Å². The van der Waals surface area contributed by atoms with Gasteiger partial charge in [0.15, 0.2) is 0 Å². The molecule has 0 aliphatic carbocycles. The molecule has 1 aliphatic heterocycles. The third-order valence-corrected chi connectivity index (χ3v) is 3.85. The van der Waals surface area contributed by atoms with Gasteiger partial charge in [-0.3, -0.25) is 0 Å². The van der Waals surface area contributed by atoms with Crippen molar-refractivity contribution in [1.29, 1.82) is 0 Å². The van der Waals surface area contributed by atoms with E-state index in [0.717, 1.165) is 31.3 Å². The quantitative estimate of drug-likeness (QED) is 0.859. The summed E-state index contributed by atoms with van der Waals surface area (Å²) in [6, 6.07) is 4.28. The lowest BCUT2D eigenvalue weighted by Crippen LogP contribution is -2.31. The third kappa shape index (κ3) is 2.96. The largest absolute Gasteiger partial charge is 0.496 e. The summed E-state index contributed by atoms with van der Waals surface area (Å²) in [5.41, 5.74) is 3.62. The van der Waals surface area contributed by atoms with Gasteiger partial charge >= 0.3 is 0 Å². The second-order valence-electron chi connectivity index (χ2n) is 5.16. The van der Waals surface area contributed by atoms with Crippen molar-refractivity contribution in [3.8, 4) is 5.75 Å². The van der Waals surface area contributed by atoms with Crippen LogP contribution in [0.1, 0.15) is 24.0 Å². The first-order valence-corrected chi connectivity index (χ1v) is 6.81. The minimum absolute atomic E-state index is 0.790. The molecule has 0 radical (unpaired) electrons. The summed E-state index contributed by atoms with van der Waals surface area (Å²) in [5.74, 6) is 1.79. The summed E-state index contributed by atoms with van der Waals surface area (Å²) in [5, 5.41) is 6.98. The maximum absolute atomic E-state index is 5.46. The Morgan fingerprint density at radius 2 is 2.00 bits per heavy atom. The highest BCUT2D eigenvalue weighted by molar-refractivity contribution is 5.59. The number of anilines is 1. The van der Waals surface area contributed by atoms with Crippen LogP contribution >= 0.6 is 0 Å². The van der Waals surface area contributed by atoms with Gasteiger partial charge in [-0.2, -0.15) is 0 Å². The van der Waals surface area contributed by atoms with Crippen LogP contribution in [0.5, 0.6) is 5.75 Å². The molecule has 0 amide bonds. The van der Waals surface area contributed by atoms with Crippen LogP contribution in [-0.2, 0) is 0 Å². The Kier molecular flexibility index (Phi) is 4.48. The monoisotopic (exact) mass is 248 g/mol. The van der Waals surface area contributed by atoms with E-state index < -0.39 is 0 Å². The van der Waals surface area contributed by atoms with E-state index >= 15 is 0 Å². The number of benzene rings is 1. The molecule has 0 spiro atoms. The molecule has 1 saturated heterocycles. The fraction of sp³-hybridized carbons (Fsp3) is 0.600. The van der Waals surface area contributed by atoms with Crippen LogP contribution in [0.3, 0.4) is 0 Å². The first kappa shape index (κ1) is 13.2. The van der Waals surface area contributed by atoms with E-state index in [2.05, 4.69) is 36.6 Å². The van der Waals surface area contributed by atoms with Gasteiger partial charge in [0, 0.05) is 17.8 Å². The number of rotatable bonds is 4. The normalized spacial score (nSPS) is 16.6. The van der Waals surface area contributed by atoms with E-state index in [9.17, 15) is 0 Å². The van der Waals surface area contributed by atoms with Crippen molar-refractivity contribution in [2.24, 2.45) is 5.92 Å². The Bertz CT molecular complexity index is 398. The number of ether oxygens (including phenoxy) is 1. The highest BCUT2D eigenvalue weighted by Gasteiger charge is 2.14. The third-order valence-electron chi connectivity index (χ3n) is 3.85. The Morgan fingerprint density at radius 3 is 2.67 bits per heavy atom. The molecule has 0 saturated carbocycles. The highest BCUT2D eigenvalue weighted by Crippen LogP contribution is 2.29. The van der Waals surface area contributed by atoms with Gasteiger partial charge in [-0.25, -0.2) is 0 Å². The smallest absolute Gasteiger partial charge is 0.126 e. The minimum atomic E-state index is 0.790. The molecule has 2 rings (SSSR count). The number of methoxy groups -OCH3 is 1. The van der Waals surface area contributed by atoms with Crippen molar-refractivity contribution < 1.29 is 4.74 Å². The van der Waals surface area contributed by atoms with Gasteiger partial charge < -0.3 is 15.4 Å². The van der Waals surface area contributed by atoms with Crippen LogP contribution in [0.2, 0.25) is 0 Å². The maximum Gasteiger partial charge on any atom is 0.126 e. The fourth-order valence-corrected chi connectivity index (χ4v) is 2.67. The second-order valence-corrected chi connectivity index (χ2v) is 5.16. The van der Waals surface area contributed by atoms with E-state index in [1.54, 1.807) is 7.11 Å². The Hall–Kier alpha value is -1.22. The van der Waals surface area contributed by atoms with E-state index in [1.165, 1.54) is 29.7 Å². The summed E-state index contributed by atoms with van der Waals surface area (Å²) in [6.07, 6.45) is 2.55. The van der Waals surface area contributed by atoms with Crippen LogP contribution in [0.4, 0.5) is 5.69 Å². The van der Waals surface area contributed by atoms with Crippen LogP contribution < -0.4 is 15.4 Å². The Balaban J connectivity index is 2.00. The van der Waals surface area contributed by atoms with Gasteiger partial charge in [0.25, 0.3) is 0 Å². The van der Waals surface area contributed by atoms with Crippen molar-refractivity contribution >= 4 is 5.69 Å². The molecular formula is C15H24N2O. The molecule has 18 heavy (non-hydrogen) atoms. The molecule has 1 fully saturated rings. The van der Waals surface area contributed by atoms with Crippen LogP contribution in [0.25, 0.3) is 0 Å². The van der Waals surface area contributed by atoms with Crippen molar-refractivity contribution in [1.82, 2.24) is 5.32 Å². The molecule has 3 nitrogen and oxygen atoms in total. The van der Waals surface area contributed by atoms with Crippen molar-refractivity contribution in [3.05, 3.63) is 23.3 Å². The SMILES string of the molecule is COc1c(C)ccc(NCC2CCNCC2)c1C. The predicted octanol–water partition coefficient (Wildman–Crippen LogP) is 2.72. The van der Waals surface area contributed by atoms with Gasteiger partial charge in [-0.1, -0.05) is 6.07 Å². The molecule has 0 unspecified atom stereocenters. The molecule has 2 N–H and O–H groups in total. The topological polar surface area (TPSA) is 33.3 Å². The summed E-state index contributed by atoms with van der Waals surface area (Å²) in [6.45, 7) is 7.58. The molecule has 0 bridgehead atoms. The van der Waals surface area contributed by atoms with E-state index in [4.69, 9.17) is 4.74 Å². The zero-order valence-electron chi connectivity index (χ0n) is 11.7. The molecule has 1 aromatic rings. The fourth-order valence-electron chi connectivity index (χ4n) is 2.67. The highest BCUT2D eigenvalue weighted by atomic mass is 16.5. The second kappa shape index (κ2) is 6.10. The average Bonchev–Trinajstić information content (AvgIpc) is 2.40. The van der Waals surface area contributed by atoms with Crippen molar-refractivity contribution in [2.45, 2.75) is 26.7 Å². The Labute approximate surface area is 110 Å². The van der Waals surface area contributed by atoms with Crippen molar-refractivity contribution in [2.75, 3.05) is 32.1 Å². The molecule has 1 aromatic carbocycles. The first-order valence-electron chi connectivity index (χ1n) is 6.81. The van der Waals surface area contributed by atoms with E-state index in [-0.39, 0.29) is 0 Å². The molecular weight excluding hydrogens is 224 g/mol. The number of aryl methyl sites for hydroxylation is 1. The number of piperidine rings is 1. The van der Waals surface area contributed by atoms with Gasteiger partial charge in [0.2, 0.25) is 0 Å². The number of hydrogen-bond donors (Lipinski definition) is 2. The lowest BCUT2D eigenvalue weighted by Gasteiger charge is -2.24. The molecule has 0 atom stereocenters. The minimum Gasteiger partial charge on any atom is -0.496 e. The summed E-state index contributed by atoms with van der Waals surface area (Å²) < 4.78 is 5.46. The zero-order chi connectivity index (χ0) is 13.0. The lowest BCUT2D eigenvalue weighted by atomic mass is 9.98. The number of nitrogens with one attached hydrogen (secondary N) is 2. The molecule has 0 aromatic heterocycles. The summed E-state index contributed by atoms with van der Waals surface area (Å²) in [7, 11) is 1.74. The molecule has 1 heterocycles. The number of hydrogen-bond acceptors (Lipinski definition) is 3.